The summed E-state index contributed by atoms with van der Waals surface area (Å²) in [6.07, 6.45) is 0.947. The van der Waals surface area contributed by atoms with E-state index < -0.39 is 0 Å². The highest BCUT2D eigenvalue weighted by Crippen LogP contribution is 2.21. The van der Waals surface area contributed by atoms with E-state index in [0.29, 0.717) is 6.61 Å². The molecular weight excluding hydrogens is 230 g/mol. The first-order chi connectivity index (χ1) is 8.81. The molecule has 0 heterocycles. The SMILES string of the molecule is CNCC(OCCCOC)c1cccc(OC)c1. The Balaban J connectivity index is 2.58. The topological polar surface area (TPSA) is 39.7 Å². The highest BCUT2D eigenvalue weighted by Gasteiger charge is 2.11. The standard InChI is InChI=1S/C14H23NO3/c1-15-11-14(18-9-5-8-16-2)12-6-4-7-13(10-12)17-3/h4,6-7,10,14-15H,5,8-9,11H2,1-3H3. The number of likely N-dealkylation sites (N-methyl/N-ethyl adjacent to an activating group) is 1. The summed E-state index contributed by atoms with van der Waals surface area (Å²) in [4.78, 5) is 0. The van der Waals surface area contributed by atoms with E-state index >= 15 is 0 Å². The second kappa shape index (κ2) is 8.91. The molecule has 102 valence electrons. The summed E-state index contributed by atoms with van der Waals surface area (Å²) < 4.78 is 16.1. The van der Waals surface area contributed by atoms with Crippen molar-refractivity contribution in [2.24, 2.45) is 0 Å². The maximum absolute atomic E-state index is 5.87. The van der Waals surface area contributed by atoms with E-state index in [-0.39, 0.29) is 6.10 Å². The number of nitrogens with one attached hydrogen (secondary N) is 1. The molecule has 0 aromatic heterocycles. The van der Waals surface area contributed by atoms with E-state index in [2.05, 4.69) is 11.4 Å². The van der Waals surface area contributed by atoms with Crippen LogP contribution in [0.5, 0.6) is 5.75 Å². The quantitative estimate of drug-likeness (QED) is 0.683. The van der Waals surface area contributed by atoms with Crippen LogP contribution in [0.15, 0.2) is 24.3 Å². The van der Waals surface area contributed by atoms with E-state index in [1.807, 2.05) is 25.2 Å². The summed E-state index contributed by atoms with van der Waals surface area (Å²) in [7, 11) is 5.30. The van der Waals surface area contributed by atoms with Crippen LogP contribution in [0, 0.1) is 0 Å². The Labute approximate surface area is 109 Å². The molecule has 0 radical (unpaired) electrons. The van der Waals surface area contributed by atoms with Crippen LogP contribution in [0.25, 0.3) is 0 Å². The highest BCUT2D eigenvalue weighted by atomic mass is 16.5. The Morgan fingerprint density at radius 2 is 2.06 bits per heavy atom. The van der Waals surface area contributed by atoms with Crippen LogP contribution < -0.4 is 10.1 Å². The first-order valence-corrected chi connectivity index (χ1v) is 6.21. The number of ether oxygens (including phenoxy) is 3. The second-order valence-corrected chi connectivity index (χ2v) is 4.04. The number of hydrogen-bond donors (Lipinski definition) is 1. The Morgan fingerprint density at radius 1 is 1.22 bits per heavy atom. The van der Waals surface area contributed by atoms with Crippen molar-refractivity contribution in [2.45, 2.75) is 12.5 Å². The van der Waals surface area contributed by atoms with E-state index in [4.69, 9.17) is 14.2 Å². The lowest BCUT2D eigenvalue weighted by atomic mass is 10.1. The molecule has 4 nitrogen and oxygen atoms in total. The molecule has 1 aromatic rings. The molecule has 0 saturated carbocycles. The number of rotatable bonds is 9. The van der Waals surface area contributed by atoms with Crippen molar-refractivity contribution in [3.05, 3.63) is 29.8 Å². The van der Waals surface area contributed by atoms with Crippen LogP contribution in [-0.2, 0) is 9.47 Å². The Kier molecular flexibility index (Phi) is 7.41. The number of methoxy groups -OCH3 is 2. The van der Waals surface area contributed by atoms with Crippen LogP contribution in [-0.4, -0.2) is 41.0 Å². The third kappa shape index (κ3) is 5.04. The lowest BCUT2D eigenvalue weighted by Gasteiger charge is -2.18. The lowest BCUT2D eigenvalue weighted by molar-refractivity contribution is 0.0398. The van der Waals surface area contributed by atoms with Crippen LogP contribution in [0.4, 0.5) is 0 Å². The summed E-state index contributed by atoms with van der Waals surface area (Å²) in [5.74, 6) is 0.856. The largest absolute Gasteiger partial charge is 0.497 e. The average molecular weight is 253 g/mol. The normalized spacial score (nSPS) is 12.4. The van der Waals surface area contributed by atoms with Crippen molar-refractivity contribution in [3.8, 4) is 5.75 Å². The van der Waals surface area contributed by atoms with Gasteiger partial charge in [0.25, 0.3) is 0 Å². The maximum atomic E-state index is 5.87. The Morgan fingerprint density at radius 3 is 2.72 bits per heavy atom. The lowest BCUT2D eigenvalue weighted by Crippen LogP contribution is -2.20. The van der Waals surface area contributed by atoms with Crippen molar-refractivity contribution < 1.29 is 14.2 Å². The fourth-order valence-corrected chi connectivity index (χ4v) is 1.73. The molecular formula is C14H23NO3. The molecule has 0 fully saturated rings. The Hall–Kier alpha value is -1.10. The van der Waals surface area contributed by atoms with Crippen molar-refractivity contribution in [1.82, 2.24) is 5.32 Å². The van der Waals surface area contributed by atoms with Gasteiger partial charge in [-0.15, -0.1) is 0 Å². The van der Waals surface area contributed by atoms with E-state index in [1.54, 1.807) is 14.2 Å². The molecule has 0 amide bonds. The monoisotopic (exact) mass is 253 g/mol. The van der Waals surface area contributed by atoms with Gasteiger partial charge in [0.15, 0.2) is 0 Å². The van der Waals surface area contributed by atoms with Crippen molar-refractivity contribution in [3.63, 3.8) is 0 Å². The molecule has 0 aliphatic heterocycles. The van der Waals surface area contributed by atoms with Crippen LogP contribution in [0.2, 0.25) is 0 Å². The third-order valence-electron chi connectivity index (χ3n) is 2.67. The molecule has 1 N–H and O–H groups in total. The minimum atomic E-state index is 0.0435. The van der Waals surface area contributed by atoms with Crippen molar-refractivity contribution in [1.29, 1.82) is 0 Å². The fraction of sp³-hybridized carbons (Fsp3) is 0.571. The molecule has 1 aromatic carbocycles. The first-order valence-electron chi connectivity index (χ1n) is 6.21. The summed E-state index contributed by atoms with van der Waals surface area (Å²) >= 11 is 0. The van der Waals surface area contributed by atoms with Gasteiger partial charge in [0.1, 0.15) is 5.75 Å². The van der Waals surface area contributed by atoms with Gasteiger partial charge < -0.3 is 19.5 Å². The highest BCUT2D eigenvalue weighted by molar-refractivity contribution is 5.30. The first kappa shape index (κ1) is 15.0. The van der Waals surface area contributed by atoms with Crippen LogP contribution in [0.1, 0.15) is 18.1 Å². The zero-order valence-electron chi connectivity index (χ0n) is 11.4. The van der Waals surface area contributed by atoms with Gasteiger partial charge >= 0.3 is 0 Å². The van der Waals surface area contributed by atoms with E-state index in [0.717, 1.165) is 30.9 Å². The summed E-state index contributed by atoms with van der Waals surface area (Å²) in [5.41, 5.74) is 1.13. The third-order valence-corrected chi connectivity index (χ3v) is 2.67. The number of benzene rings is 1. The molecule has 1 unspecified atom stereocenters. The molecule has 0 aliphatic carbocycles. The van der Waals surface area contributed by atoms with Gasteiger partial charge in [-0.1, -0.05) is 12.1 Å². The van der Waals surface area contributed by atoms with Gasteiger partial charge in [0.05, 0.1) is 13.2 Å². The average Bonchev–Trinajstić information content (AvgIpc) is 2.42. The zero-order chi connectivity index (χ0) is 13.2. The fourth-order valence-electron chi connectivity index (χ4n) is 1.73. The predicted octanol–water partition coefficient (Wildman–Crippen LogP) is 2.01. The van der Waals surface area contributed by atoms with Gasteiger partial charge in [-0.05, 0) is 31.2 Å². The summed E-state index contributed by atoms with van der Waals surface area (Å²) in [6.45, 7) is 2.20. The minimum absolute atomic E-state index is 0.0435. The molecule has 0 bridgehead atoms. The zero-order valence-corrected chi connectivity index (χ0v) is 11.4. The summed E-state index contributed by atoms with van der Waals surface area (Å²) in [5, 5.41) is 3.15. The molecule has 0 aliphatic rings. The molecule has 4 heteroatoms. The van der Waals surface area contributed by atoms with Crippen LogP contribution >= 0.6 is 0 Å². The van der Waals surface area contributed by atoms with Gasteiger partial charge in [-0.25, -0.2) is 0 Å². The predicted molar refractivity (Wildman–Crippen MR) is 72.1 cm³/mol. The Bertz CT molecular complexity index is 331. The minimum Gasteiger partial charge on any atom is -0.497 e. The molecule has 0 spiro atoms. The van der Waals surface area contributed by atoms with Crippen molar-refractivity contribution in [2.75, 3.05) is 41.0 Å². The van der Waals surface area contributed by atoms with Gasteiger partial charge in [-0.3, -0.25) is 0 Å². The van der Waals surface area contributed by atoms with Crippen molar-refractivity contribution >= 4 is 0 Å². The van der Waals surface area contributed by atoms with E-state index in [1.165, 1.54) is 0 Å². The summed E-state index contributed by atoms with van der Waals surface area (Å²) in [6, 6.07) is 7.99. The van der Waals surface area contributed by atoms with E-state index in [9.17, 15) is 0 Å². The number of hydrogen-bond acceptors (Lipinski definition) is 4. The van der Waals surface area contributed by atoms with Gasteiger partial charge in [0.2, 0.25) is 0 Å². The van der Waals surface area contributed by atoms with Crippen LogP contribution in [0.3, 0.4) is 0 Å². The smallest absolute Gasteiger partial charge is 0.119 e. The second-order valence-electron chi connectivity index (χ2n) is 4.04. The van der Waals surface area contributed by atoms with Gasteiger partial charge in [-0.2, -0.15) is 0 Å². The van der Waals surface area contributed by atoms with Gasteiger partial charge in [0, 0.05) is 26.9 Å². The molecule has 18 heavy (non-hydrogen) atoms. The molecule has 0 saturated heterocycles. The maximum Gasteiger partial charge on any atom is 0.119 e. The molecule has 1 rings (SSSR count). The molecule has 1 atom stereocenters.